The van der Waals surface area contributed by atoms with Crippen molar-refractivity contribution < 1.29 is 18.0 Å². The predicted molar refractivity (Wildman–Crippen MR) is 57.6 cm³/mol. The minimum atomic E-state index is -3.39. The minimum Gasteiger partial charge on any atom is -0.386 e. The standard InChI is InChI=1S/C10H15FO3Si/c1-2-13-15(12,14-9-8-11)10-6-4-3-5-7-10/h3-7,12H,2,8-9H2,1H3. The molecule has 0 bridgehead atoms. The van der Waals surface area contributed by atoms with Crippen LogP contribution in [0.4, 0.5) is 4.39 Å². The predicted octanol–water partition coefficient (Wildman–Crippen LogP) is 0.847. The Bertz CT molecular complexity index is 283. The Balaban J connectivity index is 2.80. The second-order valence-corrected chi connectivity index (χ2v) is 5.24. The fourth-order valence-electron chi connectivity index (χ4n) is 1.23. The third-order valence-corrected chi connectivity index (χ3v) is 4.19. The van der Waals surface area contributed by atoms with Gasteiger partial charge in [-0.15, -0.1) is 0 Å². The summed E-state index contributed by atoms with van der Waals surface area (Å²) in [7, 11) is -3.39. The first kappa shape index (κ1) is 12.3. The second kappa shape index (κ2) is 5.97. The van der Waals surface area contributed by atoms with Crippen molar-refractivity contribution in [1.29, 1.82) is 0 Å². The summed E-state index contributed by atoms with van der Waals surface area (Å²) < 4.78 is 22.3. The first-order chi connectivity index (χ1) is 7.23. The highest BCUT2D eigenvalue weighted by Gasteiger charge is 2.39. The third-order valence-electron chi connectivity index (χ3n) is 1.85. The Labute approximate surface area is 89.8 Å². The van der Waals surface area contributed by atoms with Crippen molar-refractivity contribution in [2.24, 2.45) is 0 Å². The van der Waals surface area contributed by atoms with E-state index in [9.17, 15) is 9.19 Å². The van der Waals surface area contributed by atoms with Gasteiger partial charge in [0.1, 0.15) is 6.67 Å². The van der Waals surface area contributed by atoms with E-state index in [1.165, 1.54) is 0 Å². The molecular weight excluding hydrogens is 215 g/mol. The van der Waals surface area contributed by atoms with Gasteiger partial charge in [-0.25, -0.2) is 4.39 Å². The van der Waals surface area contributed by atoms with Crippen molar-refractivity contribution in [3.8, 4) is 0 Å². The summed E-state index contributed by atoms with van der Waals surface area (Å²) in [6, 6.07) is 8.84. The molecule has 1 rings (SSSR count). The zero-order chi connectivity index (χ0) is 11.1. The largest absolute Gasteiger partial charge is 0.534 e. The molecule has 1 aromatic carbocycles. The van der Waals surface area contributed by atoms with Crippen molar-refractivity contribution in [3.05, 3.63) is 30.3 Å². The van der Waals surface area contributed by atoms with Crippen LogP contribution in [-0.2, 0) is 8.85 Å². The van der Waals surface area contributed by atoms with Crippen LogP contribution >= 0.6 is 0 Å². The van der Waals surface area contributed by atoms with Gasteiger partial charge in [-0.1, -0.05) is 30.3 Å². The molecule has 5 heteroatoms. The van der Waals surface area contributed by atoms with Crippen LogP contribution in [0.15, 0.2) is 30.3 Å². The number of halogens is 1. The summed E-state index contributed by atoms with van der Waals surface area (Å²) in [6.07, 6.45) is 0. The van der Waals surface area contributed by atoms with E-state index in [0.29, 0.717) is 11.8 Å². The molecule has 0 fully saturated rings. The maximum atomic E-state index is 12.0. The maximum Gasteiger partial charge on any atom is 0.534 e. The Kier molecular flexibility index (Phi) is 4.90. The smallest absolute Gasteiger partial charge is 0.386 e. The summed E-state index contributed by atoms with van der Waals surface area (Å²) >= 11 is 0. The van der Waals surface area contributed by atoms with E-state index in [0.717, 1.165) is 0 Å². The molecule has 0 aromatic heterocycles. The lowest BCUT2D eigenvalue weighted by molar-refractivity contribution is 0.110. The van der Waals surface area contributed by atoms with Crippen LogP contribution < -0.4 is 5.19 Å². The fourth-order valence-corrected chi connectivity index (χ4v) is 3.01. The molecule has 0 heterocycles. The molecule has 0 aliphatic heterocycles. The molecule has 0 aliphatic carbocycles. The van der Waals surface area contributed by atoms with E-state index < -0.39 is 15.5 Å². The van der Waals surface area contributed by atoms with Crippen LogP contribution in [-0.4, -0.2) is 33.5 Å². The second-order valence-electron chi connectivity index (χ2n) is 2.92. The van der Waals surface area contributed by atoms with E-state index in [2.05, 4.69) is 0 Å². The molecule has 1 N–H and O–H groups in total. The Morgan fingerprint density at radius 3 is 2.47 bits per heavy atom. The normalized spacial score (nSPS) is 14.9. The average molecular weight is 230 g/mol. The highest BCUT2D eigenvalue weighted by Crippen LogP contribution is 2.04. The number of hydrogen-bond acceptors (Lipinski definition) is 3. The quantitative estimate of drug-likeness (QED) is 0.736. The van der Waals surface area contributed by atoms with Gasteiger partial charge in [0.2, 0.25) is 0 Å². The molecule has 0 amide bonds. The minimum absolute atomic E-state index is 0.141. The van der Waals surface area contributed by atoms with Crippen molar-refractivity contribution >= 4 is 14.0 Å². The van der Waals surface area contributed by atoms with E-state index in [-0.39, 0.29) is 6.61 Å². The third kappa shape index (κ3) is 3.39. The molecule has 0 radical (unpaired) electrons. The topological polar surface area (TPSA) is 38.7 Å². The first-order valence-electron chi connectivity index (χ1n) is 4.84. The Hall–Kier alpha value is -0.753. The highest BCUT2D eigenvalue weighted by atomic mass is 28.4. The molecule has 1 unspecified atom stereocenters. The summed E-state index contributed by atoms with van der Waals surface area (Å²) in [5.74, 6) is 0. The SMILES string of the molecule is CCO[Si](O)(OCCF)c1ccccc1. The lowest BCUT2D eigenvalue weighted by atomic mass is 10.4. The molecule has 0 aliphatic rings. The maximum absolute atomic E-state index is 12.0. The summed E-state index contributed by atoms with van der Waals surface area (Å²) in [6.45, 7) is 1.33. The van der Waals surface area contributed by atoms with Gasteiger partial charge in [0.05, 0.1) is 6.61 Å². The fraction of sp³-hybridized carbons (Fsp3) is 0.400. The van der Waals surface area contributed by atoms with Gasteiger partial charge in [0, 0.05) is 11.8 Å². The van der Waals surface area contributed by atoms with Gasteiger partial charge >= 0.3 is 8.80 Å². The van der Waals surface area contributed by atoms with Crippen LogP contribution in [0.25, 0.3) is 0 Å². The van der Waals surface area contributed by atoms with Crippen molar-refractivity contribution in [3.63, 3.8) is 0 Å². The number of rotatable bonds is 6. The van der Waals surface area contributed by atoms with Crippen LogP contribution in [0, 0.1) is 0 Å². The highest BCUT2D eigenvalue weighted by molar-refractivity contribution is 6.74. The van der Waals surface area contributed by atoms with Crippen molar-refractivity contribution in [1.82, 2.24) is 0 Å². The van der Waals surface area contributed by atoms with Gasteiger partial charge in [-0.05, 0) is 6.92 Å². The summed E-state index contributed by atoms with van der Waals surface area (Å²) in [4.78, 5) is 10.1. The van der Waals surface area contributed by atoms with Crippen LogP contribution in [0.5, 0.6) is 0 Å². The molecule has 3 nitrogen and oxygen atoms in total. The molecule has 0 saturated heterocycles. The summed E-state index contributed by atoms with van der Waals surface area (Å²) in [5, 5.41) is 0.598. The first-order valence-corrected chi connectivity index (χ1v) is 6.61. The van der Waals surface area contributed by atoms with E-state index in [1.807, 2.05) is 6.07 Å². The number of hydrogen-bond donors (Lipinski definition) is 1. The van der Waals surface area contributed by atoms with Gasteiger partial charge < -0.3 is 13.6 Å². The van der Waals surface area contributed by atoms with Crippen LogP contribution in [0.2, 0.25) is 0 Å². The molecule has 84 valence electrons. The van der Waals surface area contributed by atoms with Gasteiger partial charge in [-0.2, -0.15) is 0 Å². The lowest BCUT2D eigenvalue weighted by Gasteiger charge is -2.23. The molecular formula is C10H15FO3Si. The number of benzene rings is 1. The van der Waals surface area contributed by atoms with E-state index >= 15 is 0 Å². The summed E-state index contributed by atoms with van der Waals surface area (Å²) in [5.41, 5.74) is 0. The van der Waals surface area contributed by atoms with Gasteiger partial charge in [0.15, 0.2) is 0 Å². The molecule has 1 aromatic rings. The van der Waals surface area contributed by atoms with E-state index in [4.69, 9.17) is 8.85 Å². The van der Waals surface area contributed by atoms with Crippen molar-refractivity contribution in [2.45, 2.75) is 6.92 Å². The lowest BCUT2D eigenvalue weighted by Crippen LogP contribution is -2.54. The molecule has 1 atom stereocenters. The van der Waals surface area contributed by atoms with Crippen LogP contribution in [0.1, 0.15) is 6.92 Å². The number of alkyl halides is 1. The zero-order valence-corrected chi connectivity index (χ0v) is 9.65. The zero-order valence-electron chi connectivity index (χ0n) is 8.65. The average Bonchev–Trinajstić information content (AvgIpc) is 2.28. The van der Waals surface area contributed by atoms with Crippen molar-refractivity contribution in [2.75, 3.05) is 19.9 Å². The molecule has 0 saturated carbocycles. The Morgan fingerprint density at radius 2 is 1.93 bits per heavy atom. The molecule has 15 heavy (non-hydrogen) atoms. The van der Waals surface area contributed by atoms with E-state index in [1.54, 1.807) is 31.2 Å². The Morgan fingerprint density at radius 1 is 1.27 bits per heavy atom. The van der Waals surface area contributed by atoms with Gasteiger partial charge in [-0.3, -0.25) is 0 Å². The van der Waals surface area contributed by atoms with Crippen LogP contribution in [0.3, 0.4) is 0 Å². The monoisotopic (exact) mass is 230 g/mol. The van der Waals surface area contributed by atoms with Gasteiger partial charge in [0.25, 0.3) is 0 Å². The molecule has 0 spiro atoms.